The van der Waals surface area contributed by atoms with Gasteiger partial charge in [0, 0.05) is 6.42 Å². The highest BCUT2D eigenvalue weighted by Gasteiger charge is 2.59. The number of hydrogen-bond donors (Lipinski definition) is 2. The highest BCUT2D eigenvalue weighted by Crippen LogP contribution is 2.64. The molecule has 0 aromatic carbocycles. The Labute approximate surface area is 132 Å². The Morgan fingerprint density at radius 1 is 1.14 bits per heavy atom. The van der Waals surface area contributed by atoms with Gasteiger partial charge in [0.05, 0.1) is 6.10 Å². The molecule has 3 saturated carbocycles. The molecule has 7 atom stereocenters. The minimum Gasteiger partial charge on any atom is -0.389 e. The van der Waals surface area contributed by atoms with Crippen LogP contribution in [0.25, 0.3) is 0 Å². The topological polar surface area (TPSA) is 57.5 Å². The molecule has 0 amide bonds. The van der Waals surface area contributed by atoms with Gasteiger partial charge < -0.3 is 10.2 Å². The summed E-state index contributed by atoms with van der Waals surface area (Å²) in [7, 11) is 0. The summed E-state index contributed by atoms with van der Waals surface area (Å²) in [4.78, 5) is 11.9. The van der Waals surface area contributed by atoms with E-state index in [2.05, 4.69) is 13.8 Å². The zero-order valence-corrected chi connectivity index (χ0v) is 13.7. The van der Waals surface area contributed by atoms with Crippen molar-refractivity contribution in [2.75, 3.05) is 0 Å². The maximum Gasteiger partial charge on any atom is 0.165 e. The quantitative estimate of drug-likeness (QED) is 0.677. The molecule has 0 aliphatic heterocycles. The first kappa shape index (κ1) is 14.9. The predicted molar refractivity (Wildman–Crippen MR) is 84.1 cm³/mol. The summed E-state index contributed by atoms with van der Waals surface area (Å²) in [6.07, 6.45) is 7.82. The van der Waals surface area contributed by atoms with Gasteiger partial charge in [-0.05, 0) is 60.7 Å². The molecular formula is C19H28O3. The van der Waals surface area contributed by atoms with Crippen LogP contribution in [0.4, 0.5) is 0 Å². The van der Waals surface area contributed by atoms with Crippen LogP contribution in [0.1, 0.15) is 58.8 Å². The molecule has 4 aliphatic carbocycles. The van der Waals surface area contributed by atoms with Gasteiger partial charge in [0.1, 0.15) is 6.10 Å². The smallest absolute Gasteiger partial charge is 0.165 e. The standard InChI is InChI=1S/C19H28O3/c1-18-6-3-4-12(18)17-13(5-7-18)19(2)10-16(22)14(20)8-11(19)9-15(17)21/h9,12-13,15-17,21-22H,3-8,10H2,1-2H3/t12-,13+,15?,16?,17-,18-,19-/m0/s1. The molecule has 0 saturated heterocycles. The van der Waals surface area contributed by atoms with E-state index in [1.54, 1.807) is 0 Å². The van der Waals surface area contributed by atoms with Gasteiger partial charge in [0.25, 0.3) is 0 Å². The Hall–Kier alpha value is -0.670. The number of allylic oxidation sites excluding steroid dienone is 1. The number of aliphatic hydroxyl groups is 2. The first-order chi connectivity index (χ1) is 10.3. The van der Waals surface area contributed by atoms with Crippen molar-refractivity contribution in [2.45, 2.75) is 71.0 Å². The molecule has 122 valence electrons. The van der Waals surface area contributed by atoms with E-state index in [4.69, 9.17) is 0 Å². The number of Topliss-reactive ketones (excluding diaryl/α,β-unsaturated/α-hetero) is 1. The van der Waals surface area contributed by atoms with E-state index in [1.807, 2.05) is 6.08 Å². The molecule has 0 bridgehead atoms. The third-order valence-corrected chi connectivity index (χ3v) is 7.79. The molecule has 2 unspecified atom stereocenters. The summed E-state index contributed by atoms with van der Waals surface area (Å²) in [6.45, 7) is 4.64. The molecule has 2 N–H and O–H groups in total. The average molecular weight is 304 g/mol. The van der Waals surface area contributed by atoms with Crippen molar-refractivity contribution in [1.82, 2.24) is 0 Å². The Morgan fingerprint density at radius 3 is 2.68 bits per heavy atom. The van der Waals surface area contributed by atoms with Gasteiger partial charge in [-0.1, -0.05) is 31.9 Å². The lowest BCUT2D eigenvalue weighted by Gasteiger charge is -2.58. The van der Waals surface area contributed by atoms with Crippen LogP contribution in [0.2, 0.25) is 0 Å². The lowest BCUT2D eigenvalue weighted by Crippen LogP contribution is -2.55. The fourth-order valence-electron chi connectivity index (χ4n) is 6.51. The summed E-state index contributed by atoms with van der Waals surface area (Å²) in [6, 6.07) is 0. The van der Waals surface area contributed by atoms with E-state index in [-0.39, 0.29) is 11.2 Å². The fraction of sp³-hybridized carbons (Fsp3) is 0.842. The summed E-state index contributed by atoms with van der Waals surface area (Å²) in [5, 5.41) is 21.0. The van der Waals surface area contributed by atoms with Crippen LogP contribution in [0.15, 0.2) is 11.6 Å². The third-order valence-electron chi connectivity index (χ3n) is 7.79. The van der Waals surface area contributed by atoms with Crippen molar-refractivity contribution >= 4 is 5.78 Å². The molecule has 4 aliphatic rings. The van der Waals surface area contributed by atoms with Crippen LogP contribution >= 0.6 is 0 Å². The van der Waals surface area contributed by atoms with Crippen LogP contribution in [0.3, 0.4) is 0 Å². The first-order valence-corrected chi connectivity index (χ1v) is 8.95. The zero-order valence-electron chi connectivity index (χ0n) is 13.7. The Balaban J connectivity index is 1.75. The van der Waals surface area contributed by atoms with E-state index in [0.29, 0.717) is 36.0 Å². The molecule has 0 aromatic rings. The molecule has 3 fully saturated rings. The minimum absolute atomic E-state index is 0.0733. The van der Waals surface area contributed by atoms with Crippen molar-refractivity contribution < 1.29 is 15.0 Å². The molecule has 0 heterocycles. The summed E-state index contributed by atoms with van der Waals surface area (Å²) >= 11 is 0. The number of carbonyl (C=O) groups is 1. The highest BCUT2D eigenvalue weighted by atomic mass is 16.3. The fourth-order valence-corrected chi connectivity index (χ4v) is 6.51. The molecule has 4 rings (SSSR count). The average Bonchev–Trinajstić information content (AvgIpc) is 2.84. The lowest BCUT2D eigenvalue weighted by molar-refractivity contribution is -0.136. The molecular weight excluding hydrogens is 276 g/mol. The van der Waals surface area contributed by atoms with Crippen LogP contribution in [0, 0.1) is 28.6 Å². The monoisotopic (exact) mass is 304 g/mol. The molecule has 0 spiro atoms. The van der Waals surface area contributed by atoms with Crippen molar-refractivity contribution in [1.29, 1.82) is 0 Å². The second kappa shape index (κ2) is 4.67. The van der Waals surface area contributed by atoms with Crippen molar-refractivity contribution in [3.05, 3.63) is 11.6 Å². The van der Waals surface area contributed by atoms with Gasteiger partial charge in [0.2, 0.25) is 0 Å². The number of hydrogen-bond acceptors (Lipinski definition) is 3. The SMILES string of the molecule is C[C@@]12CCC[C@H]1[C@@H]1C(O)C=C3CC(=O)C(O)C[C@]3(C)[C@@H]1CC2. The Bertz CT molecular complexity index is 539. The van der Waals surface area contributed by atoms with E-state index >= 15 is 0 Å². The summed E-state index contributed by atoms with van der Waals surface area (Å²) in [5.41, 5.74) is 1.40. The van der Waals surface area contributed by atoms with Gasteiger partial charge >= 0.3 is 0 Å². The van der Waals surface area contributed by atoms with Gasteiger partial charge in [-0.25, -0.2) is 0 Å². The second-order valence-electron chi connectivity index (χ2n) is 8.84. The van der Waals surface area contributed by atoms with Gasteiger partial charge in [-0.15, -0.1) is 0 Å². The molecule has 0 radical (unpaired) electrons. The van der Waals surface area contributed by atoms with E-state index in [1.165, 1.54) is 25.7 Å². The van der Waals surface area contributed by atoms with E-state index in [9.17, 15) is 15.0 Å². The van der Waals surface area contributed by atoms with Gasteiger partial charge in [0.15, 0.2) is 5.78 Å². The summed E-state index contributed by atoms with van der Waals surface area (Å²) in [5.74, 6) is 1.26. The molecule has 22 heavy (non-hydrogen) atoms. The van der Waals surface area contributed by atoms with Crippen molar-refractivity contribution in [2.24, 2.45) is 28.6 Å². The van der Waals surface area contributed by atoms with Crippen molar-refractivity contribution in [3.8, 4) is 0 Å². The number of fused-ring (bicyclic) bond motifs is 5. The molecule has 0 aromatic heterocycles. The van der Waals surface area contributed by atoms with E-state index < -0.39 is 12.2 Å². The number of aliphatic hydroxyl groups excluding tert-OH is 2. The second-order valence-corrected chi connectivity index (χ2v) is 8.84. The normalized spacial score (nSPS) is 54.3. The molecule has 3 nitrogen and oxygen atoms in total. The largest absolute Gasteiger partial charge is 0.389 e. The van der Waals surface area contributed by atoms with Crippen LogP contribution in [0.5, 0.6) is 0 Å². The first-order valence-electron chi connectivity index (χ1n) is 8.95. The maximum atomic E-state index is 11.9. The number of rotatable bonds is 0. The number of ketones is 1. The third kappa shape index (κ3) is 1.85. The Kier molecular flexibility index (Phi) is 3.16. The van der Waals surface area contributed by atoms with Gasteiger partial charge in [-0.2, -0.15) is 0 Å². The van der Waals surface area contributed by atoms with Crippen LogP contribution in [-0.4, -0.2) is 28.2 Å². The highest BCUT2D eigenvalue weighted by molar-refractivity contribution is 5.86. The minimum atomic E-state index is -0.810. The lowest BCUT2D eigenvalue weighted by atomic mass is 9.47. The zero-order chi connectivity index (χ0) is 15.7. The summed E-state index contributed by atoms with van der Waals surface area (Å²) < 4.78 is 0. The van der Waals surface area contributed by atoms with Crippen LogP contribution in [-0.2, 0) is 4.79 Å². The maximum absolute atomic E-state index is 11.9. The van der Waals surface area contributed by atoms with Crippen LogP contribution < -0.4 is 0 Å². The van der Waals surface area contributed by atoms with E-state index in [0.717, 1.165) is 12.0 Å². The van der Waals surface area contributed by atoms with Gasteiger partial charge in [-0.3, -0.25) is 4.79 Å². The number of carbonyl (C=O) groups excluding carboxylic acids is 1. The Morgan fingerprint density at radius 2 is 1.91 bits per heavy atom. The van der Waals surface area contributed by atoms with Crippen molar-refractivity contribution in [3.63, 3.8) is 0 Å². The predicted octanol–water partition coefficient (Wildman–Crippen LogP) is 2.85. The molecule has 3 heteroatoms.